The van der Waals surface area contributed by atoms with Gasteiger partial charge in [-0.2, -0.15) is 0 Å². The molecule has 2 aliphatic carbocycles. The maximum absolute atomic E-state index is 12.7. The molecular weight excluding hydrogens is 334 g/mol. The van der Waals surface area contributed by atoms with E-state index in [-0.39, 0.29) is 17.8 Å². The van der Waals surface area contributed by atoms with Gasteiger partial charge in [0.2, 0.25) is 5.91 Å². The summed E-state index contributed by atoms with van der Waals surface area (Å²) < 4.78 is 5.29. The molecule has 4 nitrogen and oxygen atoms in total. The summed E-state index contributed by atoms with van der Waals surface area (Å²) >= 11 is 1.59. The van der Waals surface area contributed by atoms with Gasteiger partial charge >= 0.3 is 5.97 Å². The summed E-state index contributed by atoms with van der Waals surface area (Å²) in [6.07, 6.45) is 9.61. The number of esters is 1. The Morgan fingerprint density at radius 2 is 1.92 bits per heavy atom. The standard InChI is InChI=1S/C20H29NO3S/c1-3-13-10-11-15-16(12-13)25-19(17(15)20(23)24-4-2)21-18(22)14-8-6-5-7-9-14/h13-14H,3-12H2,1-2H3,(H,21,22). The summed E-state index contributed by atoms with van der Waals surface area (Å²) in [5.41, 5.74) is 1.74. The van der Waals surface area contributed by atoms with Gasteiger partial charge in [-0.15, -0.1) is 11.3 Å². The highest BCUT2D eigenvalue weighted by Crippen LogP contribution is 2.41. The van der Waals surface area contributed by atoms with Gasteiger partial charge in [-0.25, -0.2) is 4.79 Å². The lowest BCUT2D eigenvalue weighted by Gasteiger charge is -2.21. The highest BCUT2D eigenvalue weighted by atomic mass is 32.1. The van der Waals surface area contributed by atoms with Crippen LogP contribution in [0.15, 0.2) is 0 Å². The number of carbonyl (C=O) groups excluding carboxylic acids is 2. The molecule has 1 atom stereocenters. The SMILES string of the molecule is CCOC(=O)c1c(NC(=O)C2CCCCC2)sc2c1CCC(CC)C2. The molecule has 138 valence electrons. The summed E-state index contributed by atoms with van der Waals surface area (Å²) in [6.45, 7) is 4.41. The van der Waals surface area contributed by atoms with Crippen LogP contribution in [0.25, 0.3) is 0 Å². The lowest BCUT2D eigenvalue weighted by atomic mass is 9.85. The largest absolute Gasteiger partial charge is 0.462 e. The Balaban J connectivity index is 1.85. The van der Waals surface area contributed by atoms with Crippen LogP contribution >= 0.6 is 11.3 Å². The molecule has 0 aliphatic heterocycles. The van der Waals surface area contributed by atoms with Crippen LogP contribution in [0.2, 0.25) is 0 Å². The Morgan fingerprint density at radius 1 is 1.16 bits per heavy atom. The van der Waals surface area contributed by atoms with E-state index in [1.807, 2.05) is 6.92 Å². The van der Waals surface area contributed by atoms with Crippen LogP contribution < -0.4 is 5.32 Å². The van der Waals surface area contributed by atoms with Gasteiger partial charge in [-0.05, 0) is 50.5 Å². The third-order valence-electron chi connectivity index (χ3n) is 5.64. The molecule has 0 radical (unpaired) electrons. The average molecular weight is 364 g/mol. The van der Waals surface area contributed by atoms with Gasteiger partial charge in [-0.1, -0.05) is 32.6 Å². The van der Waals surface area contributed by atoms with Crippen LogP contribution in [0.4, 0.5) is 5.00 Å². The lowest BCUT2D eigenvalue weighted by Crippen LogP contribution is -2.25. The fourth-order valence-corrected chi connectivity index (χ4v) is 5.44. The Bertz CT molecular complexity index is 631. The van der Waals surface area contributed by atoms with Gasteiger partial charge in [0.1, 0.15) is 5.00 Å². The lowest BCUT2D eigenvalue weighted by molar-refractivity contribution is -0.120. The first-order valence-corrected chi connectivity index (χ1v) is 10.6. The van der Waals surface area contributed by atoms with E-state index in [1.165, 1.54) is 11.3 Å². The van der Waals surface area contributed by atoms with Crippen LogP contribution in [0.1, 0.15) is 79.6 Å². The van der Waals surface area contributed by atoms with Crippen molar-refractivity contribution in [3.63, 3.8) is 0 Å². The summed E-state index contributed by atoms with van der Waals surface area (Å²) in [5, 5.41) is 3.81. The zero-order valence-corrected chi connectivity index (χ0v) is 16.2. The number of thiophene rings is 1. The van der Waals surface area contributed by atoms with Crippen molar-refractivity contribution in [2.75, 3.05) is 11.9 Å². The van der Waals surface area contributed by atoms with Gasteiger partial charge in [0.25, 0.3) is 0 Å². The van der Waals surface area contributed by atoms with Crippen molar-refractivity contribution >= 4 is 28.2 Å². The van der Waals surface area contributed by atoms with Crippen molar-refractivity contribution in [2.45, 2.75) is 71.6 Å². The van der Waals surface area contributed by atoms with Crippen molar-refractivity contribution in [3.05, 3.63) is 16.0 Å². The average Bonchev–Trinajstić information content (AvgIpc) is 2.99. The highest BCUT2D eigenvalue weighted by Gasteiger charge is 2.31. The molecule has 0 aromatic carbocycles. The monoisotopic (exact) mass is 363 g/mol. The molecule has 0 spiro atoms. The Kier molecular flexibility index (Phi) is 6.15. The van der Waals surface area contributed by atoms with Crippen LogP contribution in [-0.2, 0) is 22.4 Å². The molecule has 1 saturated carbocycles. The number of amides is 1. The molecule has 1 unspecified atom stereocenters. The van der Waals surface area contributed by atoms with E-state index < -0.39 is 0 Å². The second kappa shape index (κ2) is 8.35. The number of hydrogen-bond acceptors (Lipinski definition) is 4. The third-order valence-corrected chi connectivity index (χ3v) is 6.81. The number of hydrogen-bond donors (Lipinski definition) is 1. The molecule has 3 rings (SSSR count). The molecule has 1 fully saturated rings. The maximum atomic E-state index is 12.7. The zero-order valence-electron chi connectivity index (χ0n) is 15.4. The third kappa shape index (κ3) is 4.08. The molecule has 25 heavy (non-hydrogen) atoms. The zero-order chi connectivity index (χ0) is 17.8. The summed E-state index contributed by atoms with van der Waals surface area (Å²) in [6, 6.07) is 0. The van der Waals surface area contributed by atoms with Gasteiger partial charge in [0.05, 0.1) is 12.2 Å². The minimum absolute atomic E-state index is 0.0795. The molecule has 5 heteroatoms. The van der Waals surface area contributed by atoms with Crippen molar-refractivity contribution < 1.29 is 14.3 Å². The van der Waals surface area contributed by atoms with Crippen molar-refractivity contribution in [2.24, 2.45) is 11.8 Å². The smallest absolute Gasteiger partial charge is 0.341 e. The molecular formula is C20H29NO3S. The molecule has 1 aromatic heterocycles. The number of ether oxygens (including phenoxy) is 1. The maximum Gasteiger partial charge on any atom is 0.341 e. The molecule has 0 saturated heterocycles. The fraction of sp³-hybridized carbons (Fsp3) is 0.700. The predicted octanol–water partition coefficient (Wildman–Crippen LogP) is 4.96. The topological polar surface area (TPSA) is 55.4 Å². The van der Waals surface area contributed by atoms with Crippen molar-refractivity contribution in [3.8, 4) is 0 Å². The number of anilines is 1. The van der Waals surface area contributed by atoms with Gasteiger partial charge in [-0.3, -0.25) is 4.79 Å². The molecule has 1 amide bonds. The second-order valence-electron chi connectivity index (χ2n) is 7.27. The number of nitrogens with one attached hydrogen (secondary N) is 1. The van der Waals surface area contributed by atoms with E-state index in [0.29, 0.717) is 18.1 Å². The van der Waals surface area contributed by atoms with E-state index in [1.54, 1.807) is 11.3 Å². The van der Waals surface area contributed by atoms with Crippen molar-refractivity contribution in [1.82, 2.24) is 0 Å². The molecule has 1 aromatic rings. The van der Waals surface area contributed by atoms with Crippen LogP contribution in [0, 0.1) is 11.8 Å². The molecule has 0 bridgehead atoms. The minimum Gasteiger partial charge on any atom is -0.462 e. The van der Waals surface area contributed by atoms with Gasteiger partial charge in [0.15, 0.2) is 0 Å². The molecule has 1 N–H and O–H groups in total. The first kappa shape index (κ1) is 18.4. The van der Waals surface area contributed by atoms with E-state index in [9.17, 15) is 9.59 Å². The molecule has 1 heterocycles. The van der Waals surface area contributed by atoms with E-state index >= 15 is 0 Å². The quantitative estimate of drug-likeness (QED) is 0.752. The van der Waals surface area contributed by atoms with Gasteiger partial charge in [0, 0.05) is 10.8 Å². The minimum atomic E-state index is -0.283. The van der Waals surface area contributed by atoms with Crippen molar-refractivity contribution in [1.29, 1.82) is 0 Å². The van der Waals surface area contributed by atoms with E-state index in [2.05, 4.69) is 12.2 Å². The Labute approximate surface area is 154 Å². The first-order valence-electron chi connectivity index (χ1n) is 9.76. The summed E-state index contributed by atoms with van der Waals surface area (Å²) in [7, 11) is 0. The predicted molar refractivity (Wildman–Crippen MR) is 101 cm³/mol. The molecule has 2 aliphatic rings. The normalized spacial score (nSPS) is 20.8. The van der Waals surface area contributed by atoms with Crippen LogP contribution in [0.5, 0.6) is 0 Å². The summed E-state index contributed by atoms with van der Waals surface area (Å²) in [4.78, 5) is 26.5. The Morgan fingerprint density at radius 3 is 2.60 bits per heavy atom. The second-order valence-corrected chi connectivity index (χ2v) is 8.37. The highest BCUT2D eigenvalue weighted by molar-refractivity contribution is 7.17. The van der Waals surface area contributed by atoms with Crippen LogP contribution in [0.3, 0.4) is 0 Å². The van der Waals surface area contributed by atoms with E-state index in [0.717, 1.165) is 61.9 Å². The number of rotatable bonds is 5. The number of fused-ring (bicyclic) bond motifs is 1. The van der Waals surface area contributed by atoms with Crippen LogP contribution in [-0.4, -0.2) is 18.5 Å². The fourth-order valence-electron chi connectivity index (χ4n) is 4.09. The van der Waals surface area contributed by atoms with E-state index in [4.69, 9.17) is 4.74 Å². The van der Waals surface area contributed by atoms with Gasteiger partial charge < -0.3 is 10.1 Å². The first-order chi connectivity index (χ1) is 12.1. The Hall–Kier alpha value is -1.36. The number of carbonyl (C=O) groups is 2. The summed E-state index contributed by atoms with van der Waals surface area (Å²) in [5.74, 6) is 0.569.